The van der Waals surface area contributed by atoms with Gasteiger partial charge in [0.1, 0.15) is 18.3 Å². The van der Waals surface area contributed by atoms with Gasteiger partial charge in [-0.05, 0) is 6.07 Å². The molecule has 2 heterocycles. The molecule has 0 aromatic carbocycles. The van der Waals surface area contributed by atoms with E-state index in [4.69, 9.17) is 19.9 Å². The lowest BCUT2D eigenvalue weighted by atomic mass is 10.3. The van der Waals surface area contributed by atoms with Crippen molar-refractivity contribution in [3.05, 3.63) is 22.7 Å². The highest BCUT2D eigenvalue weighted by atomic mass is 31.2. The van der Waals surface area contributed by atoms with Gasteiger partial charge in [0.2, 0.25) is 0 Å². The first kappa shape index (κ1) is 19.8. The highest BCUT2D eigenvalue weighted by Gasteiger charge is 2.29. The Kier molecular flexibility index (Phi) is 9.12. The fraction of sp³-hybridized carbons (Fsp3) is 0.667. The van der Waals surface area contributed by atoms with Crippen LogP contribution in [0.5, 0.6) is 0 Å². The second-order valence-electron chi connectivity index (χ2n) is 3.64. The monoisotopic (exact) mass is 321 g/mol. The van der Waals surface area contributed by atoms with Crippen LogP contribution in [0.2, 0.25) is 0 Å². The van der Waals surface area contributed by atoms with Crippen molar-refractivity contribution in [2.45, 2.75) is 40.3 Å². The molecule has 0 aliphatic carbocycles. The number of rotatable bonds is 2. The third-order valence-corrected chi connectivity index (χ3v) is 3.26. The number of nitrogens with two attached hydrogens (primary N) is 1. The molecule has 122 valence electrons. The maximum atomic E-state index is 11.4. The minimum Gasteiger partial charge on any atom is -0.383 e. The molecule has 9 heteroatoms. The molecule has 2 rings (SSSR count). The quantitative estimate of drug-likeness (QED) is 0.791. The maximum absolute atomic E-state index is 11.4. The van der Waals surface area contributed by atoms with Gasteiger partial charge in [-0.3, -0.25) is 9.13 Å². The lowest BCUT2D eigenvalue weighted by Gasteiger charge is -2.26. The largest absolute Gasteiger partial charge is 0.383 e. The summed E-state index contributed by atoms with van der Waals surface area (Å²) in [6.07, 6.45) is 0.669. The summed E-state index contributed by atoms with van der Waals surface area (Å²) in [5.41, 5.74) is 4.85. The van der Waals surface area contributed by atoms with Crippen LogP contribution in [-0.2, 0) is 20.4 Å². The van der Waals surface area contributed by atoms with E-state index in [-0.39, 0.29) is 25.3 Å². The predicted molar refractivity (Wildman–Crippen MR) is 81.1 cm³/mol. The summed E-state index contributed by atoms with van der Waals surface area (Å²) in [5, 5.41) is 0. The lowest BCUT2D eigenvalue weighted by molar-refractivity contribution is -0.00859. The van der Waals surface area contributed by atoms with Crippen LogP contribution in [0.3, 0.4) is 0 Å². The van der Waals surface area contributed by atoms with Crippen molar-refractivity contribution in [2.75, 3.05) is 18.7 Å². The van der Waals surface area contributed by atoms with Gasteiger partial charge in [0.05, 0.1) is 13.2 Å². The summed E-state index contributed by atoms with van der Waals surface area (Å²) >= 11 is 0. The fourth-order valence-electron chi connectivity index (χ4n) is 1.39. The number of hydrogen-bond acceptors (Lipinski definition) is 6. The van der Waals surface area contributed by atoms with E-state index in [1.54, 1.807) is 0 Å². The van der Waals surface area contributed by atoms with Crippen LogP contribution < -0.4 is 11.4 Å². The van der Waals surface area contributed by atoms with Gasteiger partial charge in [0, 0.05) is 6.20 Å². The van der Waals surface area contributed by atoms with E-state index < -0.39 is 19.4 Å². The van der Waals surface area contributed by atoms with E-state index in [2.05, 4.69) is 4.98 Å². The molecule has 0 bridgehead atoms. The molecule has 1 aromatic heterocycles. The summed E-state index contributed by atoms with van der Waals surface area (Å²) in [6, 6.07) is 1.49. The minimum absolute atomic E-state index is 0.0371. The standard InChI is InChI=1S/C8H12N3O5P.2C2H6/c9-7-1-2-11(8(12)10-7)3-6-4-16-17(13,14)5-15-6;2*1-2/h1-2,6H,3-5H2,(H,13,14)(H2,9,10,12);2*1-2H3/t6-;;/m0../s1. The first-order valence-corrected chi connectivity index (χ1v) is 8.63. The Morgan fingerprint density at radius 3 is 2.57 bits per heavy atom. The Bertz CT molecular complexity index is 508. The third-order valence-electron chi connectivity index (χ3n) is 2.23. The number of ether oxygens (including phenoxy) is 1. The van der Waals surface area contributed by atoms with Gasteiger partial charge in [0.25, 0.3) is 0 Å². The van der Waals surface area contributed by atoms with Gasteiger partial charge in [0.15, 0.2) is 0 Å². The Labute approximate surface area is 124 Å². The average molecular weight is 321 g/mol. The van der Waals surface area contributed by atoms with Crippen LogP contribution in [0.1, 0.15) is 27.7 Å². The van der Waals surface area contributed by atoms with E-state index in [9.17, 15) is 9.36 Å². The maximum Gasteiger partial charge on any atom is 0.353 e. The topological polar surface area (TPSA) is 117 Å². The molecule has 0 spiro atoms. The van der Waals surface area contributed by atoms with Crippen molar-refractivity contribution in [1.29, 1.82) is 0 Å². The van der Waals surface area contributed by atoms with Crippen LogP contribution in [0, 0.1) is 0 Å². The van der Waals surface area contributed by atoms with Gasteiger partial charge >= 0.3 is 13.3 Å². The van der Waals surface area contributed by atoms with E-state index in [0.29, 0.717) is 0 Å². The summed E-state index contributed by atoms with van der Waals surface area (Å²) in [5.74, 6) is 0.145. The molecule has 1 unspecified atom stereocenters. The zero-order valence-electron chi connectivity index (χ0n) is 12.9. The van der Waals surface area contributed by atoms with E-state index in [0.717, 1.165) is 0 Å². The molecule has 1 aliphatic heterocycles. The van der Waals surface area contributed by atoms with E-state index in [1.807, 2.05) is 27.7 Å². The number of hydrogen-bond donors (Lipinski definition) is 2. The molecule has 0 radical (unpaired) electrons. The van der Waals surface area contributed by atoms with Gasteiger partial charge in [-0.25, -0.2) is 4.79 Å². The summed E-state index contributed by atoms with van der Waals surface area (Å²) in [6.45, 7) is 8.16. The van der Waals surface area contributed by atoms with E-state index in [1.165, 1.54) is 16.8 Å². The van der Waals surface area contributed by atoms with Crippen molar-refractivity contribution in [2.24, 2.45) is 0 Å². The third kappa shape index (κ3) is 6.86. The zero-order chi connectivity index (χ0) is 16.5. The highest BCUT2D eigenvalue weighted by Crippen LogP contribution is 2.44. The van der Waals surface area contributed by atoms with Crippen molar-refractivity contribution < 1.29 is 18.7 Å². The second kappa shape index (κ2) is 9.68. The lowest BCUT2D eigenvalue weighted by Crippen LogP contribution is -2.34. The van der Waals surface area contributed by atoms with Gasteiger partial charge in [-0.1, -0.05) is 27.7 Å². The number of aromatic nitrogens is 2. The molecule has 0 saturated carbocycles. The number of nitrogens with zero attached hydrogens (tertiary/aromatic N) is 2. The van der Waals surface area contributed by atoms with Gasteiger partial charge in [-0.15, -0.1) is 0 Å². The predicted octanol–water partition coefficient (Wildman–Crippen LogP) is 1.44. The summed E-state index contributed by atoms with van der Waals surface area (Å²) < 4.78 is 22.2. The van der Waals surface area contributed by atoms with Crippen LogP contribution in [-0.4, -0.2) is 33.5 Å². The fourth-order valence-corrected chi connectivity index (χ4v) is 2.26. The molecule has 1 fully saturated rings. The van der Waals surface area contributed by atoms with Gasteiger partial charge < -0.3 is 19.9 Å². The van der Waals surface area contributed by atoms with Crippen molar-refractivity contribution in [1.82, 2.24) is 9.55 Å². The molecular formula is C12H24N3O5P. The Balaban J connectivity index is 0.000000921. The molecule has 21 heavy (non-hydrogen) atoms. The van der Waals surface area contributed by atoms with E-state index >= 15 is 0 Å². The van der Waals surface area contributed by atoms with Crippen molar-refractivity contribution in [3.8, 4) is 0 Å². The molecular weight excluding hydrogens is 297 g/mol. The zero-order valence-corrected chi connectivity index (χ0v) is 13.7. The highest BCUT2D eigenvalue weighted by molar-refractivity contribution is 7.52. The number of anilines is 1. The molecule has 2 atom stereocenters. The van der Waals surface area contributed by atoms with Crippen LogP contribution >= 0.6 is 7.60 Å². The minimum atomic E-state index is -3.59. The average Bonchev–Trinajstić information content (AvgIpc) is 2.48. The van der Waals surface area contributed by atoms with Crippen molar-refractivity contribution >= 4 is 13.4 Å². The molecule has 1 saturated heterocycles. The second-order valence-corrected chi connectivity index (χ2v) is 5.43. The molecule has 1 aromatic rings. The Hall–Kier alpha value is -1.21. The first-order valence-electron chi connectivity index (χ1n) is 6.87. The Morgan fingerprint density at radius 1 is 1.48 bits per heavy atom. The van der Waals surface area contributed by atoms with Gasteiger partial charge in [-0.2, -0.15) is 4.98 Å². The smallest absolute Gasteiger partial charge is 0.353 e. The molecule has 8 nitrogen and oxygen atoms in total. The van der Waals surface area contributed by atoms with Crippen LogP contribution in [0.25, 0.3) is 0 Å². The van der Waals surface area contributed by atoms with Crippen molar-refractivity contribution in [3.63, 3.8) is 0 Å². The normalized spacial score (nSPS) is 24.1. The SMILES string of the molecule is CC.CC.Nc1ccn(C[C@H]2COP(=O)(O)CO2)c(=O)n1. The molecule has 1 aliphatic rings. The first-order chi connectivity index (χ1) is 9.96. The molecule has 0 amide bonds. The van der Waals surface area contributed by atoms with Crippen LogP contribution in [0.15, 0.2) is 17.1 Å². The Morgan fingerprint density at radius 2 is 2.10 bits per heavy atom. The summed E-state index contributed by atoms with van der Waals surface area (Å²) in [7, 11) is -3.59. The molecule has 3 N–H and O–H groups in total. The number of nitrogen functional groups attached to an aromatic ring is 1. The van der Waals surface area contributed by atoms with Crippen LogP contribution in [0.4, 0.5) is 5.82 Å². The summed E-state index contributed by atoms with van der Waals surface area (Å²) in [4.78, 5) is 24.0.